The van der Waals surface area contributed by atoms with Crippen molar-refractivity contribution in [1.29, 1.82) is 0 Å². The quantitative estimate of drug-likeness (QED) is 0.505. The van der Waals surface area contributed by atoms with E-state index in [0.29, 0.717) is 0 Å². The van der Waals surface area contributed by atoms with E-state index in [-0.39, 0.29) is 17.7 Å². The lowest BCUT2D eigenvalue weighted by atomic mass is 10.2. The second-order valence-electron chi connectivity index (χ2n) is 3.56. The molecular formula is C9H13N3O5S. The third-order valence-electron chi connectivity index (χ3n) is 2.15. The van der Waals surface area contributed by atoms with Crippen LogP contribution in [0.25, 0.3) is 0 Å². The summed E-state index contributed by atoms with van der Waals surface area (Å²) in [5.41, 5.74) is 4.89. The minimum atomic E-state index is -3.92. The van der Waals surface area contributed by atoms with E-state index in [1.807, 2.05) is 4.72 Å². The van der Waals surface area contributed by atoms with Crippen LogP contribution < -0.4 is 10.5 Å². The Hall–Kier alpha value is -1.87. The maximum Gasteiger partial charge on any atom is 0.321 e. The Labute approximate surface area is 103 Å². The van der Waals surface area contributed by atoms with Crippen LogP contribution in [-0.4, -0.2) is 36.4 Å². The second kappa shape index (κ2) is 5.65. The number of nitrogens with one attached hydrogen (secondary N) is 2. The third-order valence-corrected chi connectivity index (χ3v) is 3.62. The highest BCUT2D eigenvalue weighted by molar-refractivity contribution is 7.89. The molecule has 0 saturated heterocycles. The molecule has 0 saturated carbocycles. The zero-order valence-corrected chi connectivity index (χ0v) is 10.1. The third kappa shape index (κ3) is 3.86. The highest BCUT2D eigenvalue weighted by Crippen LogP contribution is 2.09. The predicted octanol–water partition coefficient (Wildman–Crippen LogP) is -0.988. The maximum atomic E-state index is 11.7. The van der Waals surface area contributed by atoms with Crippen LogP contribution in [-0.2, 0) is 19.6 Å². The minimum absolute atomic E-state index is 0.0761. The number of carbonyl (C=O) groups excluding carboxylic acids is 1. The number of carbonyl (C=O) groups is 2. The van der Waals surface area contributed by atoms with Crippen LogP contribution in [0.3, 0.4) is 0 Å². The van der Waals surface area contributed by atoms with Gasteiger partial charge in [-0.05, 0) is 12.5 Å². The molecule has 0 aliphatic rings. The van der Waals surface area contributed by atoms with E-state index in [2.05, 4.69) is 4.98 Å². The smallest absolute Gasteiger partial charge is 0.321 e. The standard InChI is InChI=1S/C9H13N3O5S/c10-8(13)2-1-7(9(14)15)12-18(16,17)6-3-4-11-5-6/h3-5,7,11-12H,1-2H2,(H2,10,13)(H,14,15)/t7-/m0/s1. The van der Waals surface area contributed by atoms with Gasteiger partial charge < -0.3 is 15.8 Å². The number of amides is 1. The summed E-state index contributed by atoms with van der Waals surface area (Å²) in [7, 11) is -3.92. The first-order chi connectivity index (χ1) is 8.33. The first-order valence-corrected chi connectivity index (χ1v) is 6.47. The maximum absolute atomic E-state index is 11.7. The molecule has 0 spiro atoms. The zero-order chi connectivity index (χ0) is 13.8. The average molecular weight is 275 g/mol. The van der Waals surface area contributed by atoms with Gasteiger partial charge in [0.15, 0.2) is 0 Å². The van der Waals surface area contributed by atoms with Gasteiger partial charge in [0.25, 0.3) is 0 Å². The monoisotopic (exact) mass is 275 g/mol. The minimum Gasteiger partial charge on any atom is -0.480 e. The summed E-state index contributed by atoms with van der Waals surface area (Å²) in [6.45, 7) is 0. The summed E-state index contributed by atoms with van der Waals surface area (Å²) in [5, 5.41) is 8.86. The second-order valence-corrected chi connectivity index (χ2v) is 5.28. The summed E-state index contributed by atoms with van der Waals surface area (Å²) < 4.78 is 25.5. The Morgan fingerprint density at radius 2 is 2.17 bits per heavy atom. The Morgan fingerprint density at radius 1 is 1.50 bits per heavy atom. The average Bonchev–Trinajstić information content (AvgIpc) is 2.77. The van der Waals surface area contributed by atoms with Gasteiger partial charge in [0.05, 0.1) is 4.90 Å². The number of aromatic nitrogens is 1. The van der Waals surface area contributed by atoms with E-state index in [9.17, 15) is 18.0 Å². The Bertz CT molecular complexity index is 522. The molecule has 9 heteroatoms. The lowest BCUT2D eigenvalue weighted by Gasteiger charge is -2.13. The number of sulfonamides is 1. The topological polar surface area (TPSA) is 142 Å². The molecule has 0 aliphatic heterocycles. The number of H-pyrrole nitrogens is 1. The molecule has 1 atom stereocenters. The number of hydrogen-bond donors (Lipinski definition) is 4. The number of primary amides is 1. The van der Waals surface area contributed by atoms with Crippen LogP contribution in [0.15, 0.2) is 23.4 Å². The van der Waals surface area contributed by atoms with Crippen molar-refractivity contribution < 1.29 is 23.1 Å². The number of aliphatic carboxylic acids is 1. The molecule has 0 bridgehead atoms. The van der Waals surface area contributed by atoms with Crippen molar-refractivity contribution in [1.82, 2.24) is 9.71 Å². The number of carboxylic acids is 1. The van der Waals surface area contributed by atoms with Gasteiger partial charge in [-0.2, -0.15) is 4.72 Å². The summed E-state index contributed by atoms with van der Waals surface area (Å²) in [4.78, 5) is 23.9. The molecule has 1 amide bonds. The Kier molecular flexibility index (Phi) is 4.45. The fraction of sp³-hybridized carbons (Fsp3) is 0.333. The van der Waals surface area contributed by atoms with Gasteiger partial charge in [-0.1, -0.05) is 0 Å². The molecule has 100 valence electrons. The summed E-state index contributed by atoms with van der Waals surface area (Å²) in [6, 6.07) is -0.104. The summed E-state index contributed by atoms with van der Waals surface area (Å²) >= 11 is 0. The fourth-order valence-corrected chi connectivity index (χ4v) is 2.45. The Balaban J connectivity index is 2.78. The van der Waals surface area contributed by atoms with E-state index < -0.39 is 27.9 Å². The van der Waals surface area contributed by atoms with Crippen molar-refractivity contribution >= 4 is 21.9 Å². The van der Waals surface area contributed by atoms with Crippen molar-refractivity contribution in [2.24, 2.45) is 5.73 Å². The molecule has 5 N–H and O–H groups in total. The normalized spacial score (nSPS) is 13.1. The van der Waals surface area contributed by atoms with Crippen LogP contribution >= 0.6 is 0 Å². The van der Waals surface area contributed by atoms with Crippen LogP contribution in [0, 0.1) is 0 Å². The summed E-state index contributed by atoms with van der Waals surface area (Å²) in [5.74, 6) is -2.06. The van der Waals surface area contributed by atoms with Crippen molar-refractivity contribution in [3.05, 3.63) is 18.5 Å². The van der Waals surface area contributed by atoms with Crippen LogP contribution in [0.4, 0.5) is 0 Å². The number of hydrogen-bond acceptors (Lipinski definition) is 4. The number of aromatic amines is 1. The van der Waals surface area contributed by atoms with E-state index in [0.717, 1.165) is 0 Å². The van der Waals surface area contributed by atoms with Crippen molar-refractivity contribution in [3.8, 4) is 0 Å². The molecule has 0 radical (unpaired) electrons. The predicted molar refractivity (Wildman–Crippen MR) is 61.0 cm³/mol. The Morgan fingerprint density at radius 3 is 2.61 bits per heavy atom. The molecule has 0 aromatic carbocycles. The van der Waals surface area contributed by atoms with E-state index in [1.54, 1.807) is 0 Å². The molecule has 1 heterocycles. The van der Waals surface area contributed by atoms with Gasteiger partial charge in [0.1, 0.15) is 6.04 Å². The number of nitrogens with two attached hydrogens (primary N) is 1. The SMILES string of the molecule is NC(=O)CC[C@H](NS(=O)(=O)c1cc[nH]c1)C(=O)O. The van der Waals surface area contributed by atoms with Crippen molar-refractivity contribution in [2.75, 3.05) is 0 Å². The molecule has 1 aromatic rings. The van der Waals surface area contributed by atoms with E-state index in [1.165, 1.54) is 18.5 Å². The number of carboxylic acid groups (broad SMARTS) is 1. The van der Waals surface area contributed by atoms with E-state index >= 15 is 0 Å². The van der Waals surface area contributed by atoms with Crippen LogP contribution in [0.2, 0.25) is 0 Å². The van der Waals surface area contributed by atoms with Crippen molar-refractivity contribution in [2.45, 2.75) is 23.8 Å². The van der Waals surface area contributed by atoms with E-state index in [4.69, 9.17) is 10.8 Å². The zero-order valence-electron chi connectivity index (χ0n) is 9.29. The van der Waals surface area contributed by atoms with Gasteiger partial charge in [-0.25, -0.2) is 8.42 Å². The molecular weight excluding hydrogens is 262 g/mol. The number of rotatable bonds is 7. The molecule has 0 aliphatic carbocycles. The molecule has 0 fully saturated rings. The fourth-order valence-electron chi connectivity index (χ4n) is 1.25. The highest BCUT2D eigenvalue weighted by Gasteiger charge is 2.25. The van der Waals surface area contributed by atoms with Gasteiger partial charge in [0.2, 0.25) is 15.9 Å². The lowest BCUT2D eigenvalue weighted by Crippen LogP contribution is -2.41. The van der Waals surface area contributed by atoms with Gasteiger partial charge in [-0.15, -0.1) is 0 Å². The molecule has 1 aromatic heterocycles. The van der Waals surface area contributed by atoms with Gasteiger partial charge in [0, 0.05) is 18.8 Å². The van der Waals surface area contributed by atoms with Gasteiger partial charge >= 0.3 is 5.97 Å². The first kappa shape index (κ1) is 14.2. The molecule has 1 rings (SSSR count). The molecule has 18 heavy (non-hydrogen) atoms. The first-order valence-electron chi connectivity index (χ1n) is 4.99. The van der Waals surface area contributed by atoms with Crippen LogP contribution in [0.1, 0.15) is 12.8 Å². The lowest BCUT2D eigenvalue weighted by molar-refractivity contribution is -0.139. The largest absolute Gasteiger partial charge is 0.480 e. The highest BCUT2D eigenvalue weighted by atomic mass is 32.2. The summed E-state index contributed by atoms with van der Waals surface area (Å²) in [6.07, 6.45) is 2.20. The van der Waals surface area contributed by atoms with Gasteiger partial charge in [-0.3, -0.25) is 9.59 Å². The van der Waals surface area contributed by atoms with Crippen molar-refractivity contribution in [3.63, 3.8) is 0 Å². The molecule has 0 unspecified atom stereocenters. The molecule has 8 nitrogen and oxygen atoms in total. The van der Waals surface area contributed by atoms with Crippen LogP contribution in [0.5, 0.6) is 0 Å².